The minimum absolute atomic E-state index is 0.0505. The second-order valence-electron chi connectivity index (χ2n) is 5.37. The van der Waals surface area contributed by atoms with Gasteiger partial charge in [0, 0.05) is 16.3 Å². The first-order valence-corrected chi connectivity index (χ1v) is 8.73. The molecule has 3 N–H and O–H groups in total. The lowest BCUT2D eigenvalue weighted by atomic mass is 10.1. The van der Waals surface area contributed by atoms with Crippen LogP contribution in [0.25, 0.3) is 0 Å². The Morgan fingerprint density at radius 2 is 1.74 bits per heavy atom. The molecule has 23 heavy (non-hydrogen) atoms. The summed E-state index contributed by atoms with van der Waals surface area (Å²) in [7, 11) is -3.90. The number of primary sulfonamides is 1. The van der Waals surface area contributed by atoms with Gasteiger partial charge in [0.1, 0.15) is 0 Å². The summed E-state index contributed by atoms with van der Waals surface area (Å²) >= 11 is 5.93. The molecule has 0 aliphatic rings. The zero-order valence-electron chi connectivity index (χ0n) is 13.0. The maximum Gasteiger partial charge on any atom is 0.255 e. The van der Waals surface area contributed by atoms with E-state index in [1.54, 1.807) is 38.1 Å². The molecule has 0 saturated carbocycles. The van der Waals surface area contributed by atoms with Gasteiger partial charge in [0.05, 0.1) is 4.90 Å². The van der Waals surface area contributed by atoms with Crippen LogP contribution in [0, 0.1) is 20.8 Å². The number of rotatable bonds is 3. The number of anilines is 1. The number of amides is 1. The van der Waals surface area contributed by atoms with Crippen LogP contribution < -0.4 is 10.5 Å². The highest BCUT2D eigenvalue weighted by molar-refractivity contribution is 7.89. The van der Waals surface area contributed by atoms with Gasteiger partial charge in [0.2, 0.25) is 10.0 Å². The number of nitrogens with two attached hydrogens (primary N) is 1. The van der Waals surface area contributed by atoms with E-state index < -0.39 is 15.9 Å². The summed E-state index contributed by atoms with van der Waals surface area (Å²) in [5.74, 6) is -0.427. The van der Waals surface area contributed by atoms with Crippen molar-refractivity contribution >= 4 is 33.2 Å². The second-order valence-corrected chi connectivity index (χ2v) is 7.34. The van der Waals surface area contributed by atoms with Gasteiger partial charge in [-0.25, -0.2) is 13.6 Å². The molecule has 2 rings (SSSR count). The Hall–Kier alpha value is -1.89. The van der Waals surface area contributed by atoms with Gasteiger partial charge in [-0.3, -0.25) is 4.79 Å². The highest BCUT2D eigenvalue weighted by atomic mass is 35.5. The fraction of sp³-hybridized carbons (Fsp3) is 0.188. The molecule has 5 nitrogen and oxygen atoms in total. The Bertz CT molecular complexity index is 892. The third-order valence-corrected chi connectivity index (χ3v) is 4.91. The van der Waals surface area contributed by atoms with Crippen molar-refractivity contribution in [3.63, 3.8) is 0 Å². The molecule has 2 aromatic rings. The fourth-order valence-corrected chi connectivity index (χ4v) is 3.23. The van der Waals surface area contributed by atoms with E-state index in [0.717, 1.165) is 5.56 Å². The van der Waals surface area contributed by atoms with Gasteiger partial charge in [-0.2, -0.15) is 0 Å². The number of sulfonamides is 1. The van der Waals surface area contributed by atoms with Gasteiger partial charge in [0.15, 0.2) is 0 Å². The average molecular weight is 353 g/mol. The van der Waals surface area contributed by atoms with E-state index in [0.29, 0.717) is 21.8 Å². The van der Waals surface area contributed by atoms with Crippen molar-refractivity contribution in [2.24, 2.45) is 5.14 Å². The summed E-state index contributed by atoms with van der Waals surface area (Å²) in [6.45, 7) is 5.21. The van der Waals surface area contributed by atoms with Crippen LogP contribution in [-0.2, 0) is 10.0 Å². The lowest BCUT2D eigenvalue weighted by molar-refractivity contribution is 0.102. The van der Waals surface area contributed by atoms with Gasteiger partial charge in [-0.15, -0.1) is 0 Å². The molecular formula is C16H17ClN2O3S. The SMILES string of the molecule is Cc1ccc(Cl)cc1NC(=O)c1cc(C)c(C)c(S(N)(=O)=O)c1. The number of benzene rings is 2. The normalized spacial score (nSPS) is 11.3. The van der Waals surface area contributed by atoms with E-state index in [4.69, 9.17) is 16.7 Å². The van der Waals surface area contributed by atoms with Crippen LogP contribution in [0.1, 0.15) is 27.0 Å². The number of hydrogen-bond donors (Lipinski definition) is 2. The molecule has 2 aromatic carbocycles. The number of carbonyl (C=O) groups excluding carboxylic acids is 1. The topological polar surface area (TPSA) is 89.3 Å². The van der Waals surface area contributed by atoms with E-state index in [9.17, 15) is 13.2 Å². The standard InChI is InChI=1S/C16H17ClN2O3S/c1-9-4-5-13(17)8-14(9)19-16(20)12-6-10(2)11(3)15(7-12)23(18,21)22/h4-8H,1-3H3,(H,19,20)(H2,18,21,22). The Morgan fingerprint density at radius 3 is 2.35 bits per heavy atom. The van der Waals surface area contributed by atoms with Crippen molar-refractivity contribution in [3.8, 4) is 0 Å². The van der Waals surface area contributed by atoms with Crippen LogP contribution >= 0.6 is 11.6 Å². The predicted octanol–water partition coefficient (Wildman–Crippen LogP) is 3.16. The number of hydrogen-bond acceptors (Lipinski definition) is 3. The van der Waals surface area contributed by atoms with Crippen molar-refractivity contribution in [1.82, 2.24) is 0 Å². The molecule has 1 amide bonds. The molecule has 0 aromatic heterocycles. The first kappa shape index (κ1) is 17.5. The third kappa shape index (κ3) is 3.90. The van der Waals surface area contributed by atoms with Crippen LogP contribution in [0.2, 0.25) is 5.02 Å². The summed E-state index contributed by atoms with van der Waals surface area (Å²) in [5.41, 5.74) is 2.83. The number of carbonyl (C=O) groups is 1. The first-order valence-electron chi connectivity index (χ1n) is 6.81. The highest BCUT2D eigenvalue weighted by Crippen LogP contribution is 2.23. The molecule has 0 aliphatic heterocycles. The molecule has 0 unspecified atom stereocenters. The molecule has 0 atom stereocenters. The summed E-state index contributed by atoms with van der Waals surface area (Å²) < 4.78 is 23.3. The van der Waals surface area contributed by atoms with E-state index >= 15 is 0 Å². The van der Waals surface area contributed by atoms with E-state index in [1.807, 2.05) is 6.92 Å². The van der Waals surface area contributed by atoms with Crippen LogP contribution in [0.4, 0.5) is 5.69 Å². The van der Waals surface area contributed by atoms with Gasteiger partial charge >= 0.3 is 0 Å². The van der Waals surface area contributed by atoms with E-state index in [-0.39, 0.29) is 10.5 Å². The molecular weight excluding hydrogens is 336 g/mol. The minimum atomic E-state index is -3.90. The van der Waals surface area contributed by atoms with Crippen molar-refractivity contribution < 1.29 is 13.2 Å². The smallest absolute Gasteiger partial charge is 0.255 e. The quantitative estimate of drug-likeness (QED) is 0.889. The van der Waals surface area contributed by atoms with E-state index in [1.165, 1.54) is 6.07 Å². The van der Waals surface area contributed by atoms with Gasteiger partial charge in [-0.05, 0) is 61.7 Å². The van der Waals surface area contributed by atoms with Crippen LogP contribution in [-0.4, -0.2) is 14.3 Å². The zero-order valence-corrected chi connectivity index (χ0v) is 14.5. The number of aryl methyl sites for hydroxylation is 2. The van der Waals surface area contributed by atoms with Crippen molar-refractivity contribution in [2.45, 2.75) is 25.7 Å². The molecule has 7 heteroatoms. The zero-order chi connectivity index (χ0) is 17.4. The van der Waals surface area contributed by atoms with Crippen molar-refractivity contribution in [2.75, 3.05) is 5.32 Å². The molecule has 0 bridgehead atoms. The summed E-state index contributed by atoms with van der Waals surface area (Å²) in [6, 6.07) is 8.05. The predicted molar refractivity (Wildman–Crippen MR) is 91.4 cm³/mol. The fourth-order valence-electron chi connectivity index (χ4n) is 2.18. The lowest BCUT2D eigenvalue weighted by Gasteiger charge is -2.12. The average Bonchev–Trinajstić information content (AvgIpc) is 2.44. The monoisotopic (exact) mass is 352 g/mol. The summed E-state index contributed by atoms with van der Waals surface area (Å²) in [5, 5.41) is 8.45. The Labute approximate surface area is 140 Å². The Morgan fingerprint density at radius 1 is 1.09 bits per heavy atom. The maximum absolute atomic E-state index is 12.4. The molecule has 0 radical (unpaired) electrons. The molecule has 0 spiro atoms. The van der Waals surface area contributed by atoms with Gasteiger partial charge < -0.3 is 5.32 Å². The summed E-state index contributed by atoms with van der Waals surface area (Å²) in [4.78, 5) is 12.4. The Balaban J connectivity index is 2.44. The van der Waals surface area contributed by atoms with E-state index in [2.05, 4.69) is 5.32 Å². The first-order chi connectivity index (χ1) is 10.6. The van der Waals surface area contributed by atoms with Crippen LogP contribution in [0.3, 0.4) is 0 Å². The second kappa shape index (κ2) is 6.31. The Kier molecular flexibility index (Phi) is 4.79. The molecule has 0 aliphatic carbocycles. The van der Waals surface area contributed by atoms with Crippen molar-refractivity contribution in [3.05, 3.63) is 57.6 Å². The molecule has 0 heterocycles. The molecule has 0 saturated heterocycles. The third-order valence-electron chi connectivity index (χ3n) is 3.64. The van der Waals surface area contributed by atoms with Crippen LogP contribution in [0.15, 0.2) is 35.2 Å². The van der Waals surface area contributed by atoms with Gasteiger partial charge in [0.25, 0.3) is 5.91 Å². The number of halogens is 1. The highest BCUT2D eigenvalue weighted by Gasteiger charge is 2.18. The molecule has 122 valence electrons. The number of nitrogens with one attached hydrogen (secondary N) is 1. The largest absolute Gasteiger partial charge is 0.322 e. The maximum atomic E-state index is 12.4. The van der Waals surface area contributed by atoms with Crippen molar-refractivity contribution in [1.29, 1.82) is 0 Å². The van der Waals surface area contributed by atoms with Crippen LogP contribution in [0.5, 0.6) is 0 Å². The summed E-state index contributed by atoms with van der Waals surface area (Å²) in [6.07, 6.45) is 0. The minimum Gasteiger partial charge on any atom is -0.322 e. The lowest BCUT2D eigenvalue weighted by Crippen LogP contribution is -2.18. The molecule has 0 fully saturated rings. The van der Waals surface area contributed by atoms with Gasteiger partial charge in [-0.1, -0.05) is 17.7 Å².